The molecule has 2 unspecified atom stereocenters. The Balaban J connectivity index is 2.72. The lowest BCUT2D eigenvalue weighted by molar-refractivity contribution is -0.00619. The molecule has 1 rings (SSSR count). The number of carbonyl (C=O) groups is 1. The number of rotatable bonds is 1. The van der Waals surface area contributed by atoms with E-state index in [0.29, 0.717) is 6.61 Å². The smallest absolute Gasteiger partial charge is 0.410 e. The lowest BCUT2D eigenvalue weighted by Crippen LogP contribution is -2.62. The largest absolute Gasteiger partial charge is 0.450 e. The van der Waals surface area contributed by atoms with E-state index >= 15 is 0 Å². The van der Waals surface area contributed by atoms with Gasteiger partial charge in [0.1, 0.15) is 0 Å². The Kier molecular flexibility index (Phi) is 4.42. The van der Waals surface area contributed by atoms with Gasteiger partial charge in [0.25, 0.3) is 0 Å². The molecule has 1 aliphatic heterocycles. The molecule has 1 saturated heterocycles. The van der Waals surface area contributed by atoms with E-state index in [-0.39, 0.29) is 23.7 Å². The van der Waals surface area contributed by atoms with E-state index in [1.807, 2.05) is 11.8 Å². The van der Waals surface area contributed by atoms with Crippen LogP contribution in [0.3, 0.4) is 0 Å². The van der Waals surface area contributed by atoms with Gasteiger partial charge in [0.05, 0.1) is 6.61 Å². The summed E-state index contributed by atoms with van der Waals surface area (Å²) in [5.41, 5.74) is 0.156. The highest BCUT2D eigenvalue weighted by Crippen LogP contribution is 2.23. The molecule has 0 bridgehead atoms. The molecule has 4 heteroatoms. The predicted octanol–water partition coefficient (Wildman–Crippen LogP) is 2.34. The Hall–Kier alpha value is -0.770. The zero-order chi connectivity index (χ0) is 13.2. The maximum absolute atomic E-state index is 11.9. The van der Waals surface area contributed by atoms with Crippen LogP contribution in [0.25, 0.3) is 0 Å². The number of ether oxygens (including phenoxy) is 1. The SMILES string of the molecule is CCOC(=O)N1C(C)CN(C(C)(C)C)CC1C. The molecular formula is C13H26N2O2. The van der Waals surface area contributed by atoms with Crippen molar-refractivity contribution in [3.63, 3.8) is 0 Å². The maximum Gasteiger partial charge on any atom is 0.410 e. The molecule has 0 N–H and O–H groups in total. The van der Waals surface area contributed by atoms with Crippen molar-refractivity contribution in [3.05, 3.63) is 0 Å². The number of carbonyl (C=O) groups excluding carboxylic acids is 1. The molecule has 0 radical (unpaired) electrons. The first-order valence-corrected chi connectivity index (χ1v) is 6.47. The fraction of sp³-hybridized carbons (Fsp3) is 0.923. The number of amides is 1. The number of hydrogen-bond acceptors (Lipinski definition) is 3. The normalized spacial score (nSPS) is 27.1. The van der Waals surface area contributed by atoms with E-state index in [0.717, 1.165) is 13.1 Å². The zero-order valence-corrected chi connectivity index (χ0v) is 12.0. The van der Waals surface area contributed by atoms with Crippen molar-refractivity contribution >= 4 is 6.09 Å². The highest BCUT2D eigenvalue weighted by Gasteiger charge is 2.37. The van der Waals surface area contributed by atoms with Gasteiger partial charge in [-0.25, -0.2) is 4.79 Å². The monoisotopic (exact) mass is 242 g/mol. The van der Waals surface area contributed by atoms with Crippen LogP contribution >= 0.6 is 0 Å². The van der Waals surface area contributed by atoms with Gasteiger partial charge in [-0.2, -0.15) is 0 Å². The van der Waals surface area contributed by atoms with E-state index in [9.17, 15) is 4.79 Å². The molecule has 1 fully saturated rings. The Labute approximate surface area is 105 Å². The first kappa shape index (κ1) is 14.3. The standard InChI is InChI=1S/C13H26N2O2/c1-7-17-12(16)15-10(2)8-14(9-11(15)3)13(4,5)6/h10-11H,7-9H2,1-6H3. The van der Waals surface area contributed by atoms with Crippen LogP contribution in [0.2, 0.25) is 0 Å². The van der Waals surface area contributed by atoms with Crippen molar-refractivity contribution in [1.29, 1.82) is 0 Å². The summed E-state index contributed by atoms with van der Waals surface area (Å²) in [5.74, 6) is 0. The average molecular weight is 242 g/mol. The Morgan fingerprint density at radius 3 is 2.06 bits per heavy atom. The molecule has 4 nitrogen and oxygen atoms in total. The van der Waals surface area contributed by atoms with Crippen LogP contribution in [-0.2, 0) is 4.74 Å². The molecule has 1 heterocycles. The molecule has 0 aromatic heterocycles. The van der Waals surface area contributed by atoms with Gasteiger partial charge >= 0.3 is 6.09 Å². The Bertz CT molecular complexity index is 261. The number of nitrogens with zero attached hydrogens (tertiary/aromatic N) is 2. The minimum Gasteiger partial charge on any atom is -0.450 e. The van der Waals surface area contributed by atoms with Gasteiger partial charge < -0.3 is 9.64 Å². The topological polar surface area (TPSA) is 32.8 Å². The summed E-state index contributed by atoms with van der Waals surface area (Å²) in [6.07, 6.45) is -0.180. The summed E-state index contributed by atoms with van der Waals surface area (Å²) in [6, 6.07) is 0.411. The second-order valence-electron chi connectivity index (χ2n) is 5.88. The molecule has 2 atom stereocenters. The van der Waals surface area contributed by atoms with E-state index in [1.165, 1.54) is 0 Å². The fourth-order valence-corrected chi connectivity index (χ4v) is 2.43. The second kappa shape index (κ2) is 5.25. The van der Waals surface area contributed by atoms with Gasteiger partial charge in [0.2, 0.25) is 0 Å². The van der Waals surface area contributed by atoms with Crippen molar-refractivity contribution in [2.75, 3.05) is 19.7 Å². The van der Waals surface area contributed by atoms with Crippen LogP contribution in [0.15, 0.2) is 0 Å². The van der Waals surface area contributed by atoms with Gasteiger partial charge in [0, 0.05) is 30.7 Å². The Morgan fingerprint density at radius 1 is 1.24 bits per heavy atom. The van der Waals surface area contributed by atoms with Gasteiger partial charge in [-0.15, -0.1) is 0 Å². The van der Waals surface area contributed by atoms with Crippen LogP contribution in [0, 0.1) is 0 Å². The first-order chi connectivity index (χ1) is 7.77. The minimum absolute atomic E-state index is 0.156. The van der Waals surface area contributed by atoms with Gasteiger partial charge in [0.15, 0.2) is 0 Å². The van der Waals surface area contributed by atoms with Gasteiger partial charge in [-0.3, -0.25) is 4.90 Å². The first-order valence-electron chi connectivity index (χ1n) is 6.47. The number of hydrogen-bond donors (Lipinski definition) is 0. The molecule has 1 amide bonds. The van der Waals surface area contributed by atoms with Gasteiger partial charge in [-0.05, 0) is 41.5 Å². The molecule has 0 aliphatic carbocycles. The summed E-state index contributed by atoms with van der Waals surface area (Å²) >= 11 is 0. The van der Waals surface area contributed by atoms with E-state index in [2.05, 4.69) is 39.5 Å². The van der Waals surface area contributed by atoms with E-state index in [1.54, 1.807) is 0 Å². The van der Waals surface area contributed by atoms with E-state index < -0.39 is 0 Å². The van der Waals surface area contributed by atoms with Crippen molar-refractivity contribution in [1.82, 2.24) is 9.80 Å². The molecule has 0 saturated carbocycles. The lowest BCUT2D eigenvalue weighted by atomic mass is 10.00. The average Bonchev–Trinajstić information content (AvgIpc) is 2.15. The van der Waals surface area contributed by atoms with Crippen molar-refractivity contribution in [3.8, 4) is 0 Å². The van der Waals surface area contributed by atoms with Gasteiger partial charge in [-0.1, -0.05) is 0 Å². The molecular weight excluding hydrogens is 216 g/mol. The quantitative estimate of drug-likeness (QED) is 0.707. The molecule has 0 aromatic rings. The summed E-state index contributed by atoms with van der Waals surface area (Å²) in [7, 11) is 0. The van der Waals surface area contributed by atoms with Crippen LogP contribution < -0.4 is 0 Å². The second-order valence-corrected chi connectivity index (χ2v) is 5.88. The number of piperazine rings is 1. The van der Waals surface area contributed by atoms with E-state index in [4.69, 9.17) is 4.74 Å². The minimum atomic E-state index is -0.180. The summed E-state index contributed by atoms with van der Waals surface area (Å²) in [4.78, 5) is 16.2. The predicted molar refractivity (Wildman–Crippen MR) is 69.1 cm³/mol. The summed E-state index contributed by atoms with van der Waals surface area (Å²) in [5, 5.41) is 0. The van der Waals surface area contributed by atoms with Crippen LogP contribution in [0.5, 0.6) is 0 Å². The Morgan fingerprint density at radius 2 is 1.71 bits per heavy atom. The highest BCUT2D eigenvalue weighted by atomic mass is 16.6. The fourth-order valence-electron chi connectivity index (χ4n) is 2.43. The van der Waals surface area contributed by atoms with Crippen LogP contribution in [0.1, 0.15) is 41.5 Å². The molecule has 0 spiro atoms. The molecule has 100 valence electrons. The summed E-state index contributed by atoms with van der Waals surface area (Å²) in [6.45, 7) is 14.9. The third kappa shape index (κ3) is 3.35. The maximum atomic E-state index is 11.9. The lowest BCUT2D eigenvalue weighted by Gasteiger charge is -2.48. The van der Waals surface area contributed by atoms with Crippen LogP contribution in [0.4, 0.5) is 4.79 Å². The molecule has 0 aromatic carbocycles. The van der Waals surface area contributed by atoms with Crippen molar-refractivity contribution < 1.29 is 9.53 Å². The third-order valence-corrected chi connectivity index (χ3v) is 3.35. The summed E-state index contributed by atoms with van der Waals surface area (Å²) < 4.78 is 5.11. The zero-order valence-electron chi connectivity index (χ0n) is 12.0. The van der Waals surface area contributed by atoms with Crippen LogP contribution in [-0.4, -0.2) is 53.2 Å². The molecule has 17 heavy (non-hydrogen) atoms. The third-order valence-electron chi connectivity index (χ3n) is 3.35. The molecule has 1 aliphatic rings. The van der Waals surface area contributed by atoms with Crippen molar-refractivity contribution in [2.45, 2.75) is 59.2 Å². The highest BCUT2D eigenvalue weighted by molar-refractivity contribution is 5.68. The van der Waals surface area contributed by atoms with Crippen molar-refractivity contribution in [2.24, 2.45) is 0 Å².